The topological polar surface area (TPSA) is 156 Å². The van der Waals surface area contributed by atoms with Gasteiger partial charge in [0, 0.05) is 54.8 Å². The van der Waals surface area contributed by atoms with Crippen LogP contribution in [-0.4, -0.2) is 75.3 Å². The van der Waals surface area contributed by atoms with Gasteiger partial charge in [0.05, 0.1) is 17.5 Å². The Bertz CT molecular complexity index is 2030. The highest BCUT2D eigenvalue weighted by molar-refractivity contribution is 7.17. The second kappa shape index (κ2) is 22.2. The van der Waals surface area contributed by atoms with Crippen LogP contribution in [0, 0.1) is 0 Å². The Morgan fingerprint density at radius 3 is 2.02 bits per heavy atom. The molecule has 0 spiro atoms. The number of carboxylic acid groups (broad SMARTS) is 2. The number of carbonyl (C=O) groups excluding carboxylic acids is 3. The minimum atomic E-state index is -0.986. The van der Waals surface area contributed by atoms with Gasteiger partial charge >= 0.3 is 11.9 Å². The monoisotopic (exact) mass is 830 g/mol. The van der Waals surface area contributed by atoms with E-state index in [2.05, 4.69) is 29.4 Å². The van der Waals surface area contributed by atoms with Crippen molar-refractivity contribution in [2.75, 3.05) is 30.3 Å². The molecule has 0 saturated carbocycles. The first-order chi connectivity index (χ1) is 27.5. The number of anilines is 2. The second-order valence-corrected chi connectivity index (χ2v) is 15.6. The molecule has 0 saturated heterocycles. The number of hydrogen-bond donors (Lipinski definition) is 4. The van der Waals surface area contributed by atoms with Crippen LogP contribution < -0.4 is 10.6 Å². The summed E-state index contributed by atoms with van der Waals surface area (Å²) in [6.07, 6.45) is 6.80. The van der Waals surface area contributed by atoms with E-state index in [4.69, 9.17) is 10.2 Å². The summed E-state index contributed by atoms with van der Waals surface area (Å²) < 4.78 is 0. The number of carboxylic acids is 2. The maximum atomic E-state index is 13.9. The van der Waals surface area contributed by atoms with Gasteiger partial charge in [0.15, 0.2) is 0 Å². The van der Waals surface area contributed by atoms with E-state index in [1.54, 1.807) is 23.1 Å². The molecular weight excluding hydrogens is 776 g/mol. The Morgan fingerprint density at radius 2 is 1.40 bits per heavy atom. The number of likely N-dealkylation sites (N-methyl/N-ethyl adjacent to an activating group) is 1. The molecule has 0 bridgehead atoms. The number of nitrogens with zero attached hydrogens (tertiary/aromatic N) is 2. The van der Waals surface area contributed by atoms with Gasteiger partial charge in [-0.25, -0.2) is 4.79 Å². The molecule has 3 aromatic carbocycles. The predicted molar refractivity (Wildman–Crippen MR) is 232 cm³/mol. The van der Waals surface area contributed by atoms with Crippen LogP contribution in [-0.2, 0) is 41.8 Å². The molecule has 1 aliphatic rings. The third kappa shape index (κ3) is 12.5. The van der Waals surface area contributed by atoms with Crippen molar-refractivity contribution in [2.24, 2.45) is 0 Å². The van der Waals surface area contributed by atoms with Crippen molar-refractivity contribution < 1.29 is 34.2 Å². The Morgan fingerprint density at radius 1 is 0.741 bits per heavy atom. The number of halogens is 1. The van der Waals surface area contributed by atoms with Gasteiger partial charge in [-0.2, -0.15) is 0 Å². The SMILES string of the molecule is CCC(CC)N(CCN(CC)C(=O)CCC(=O)O)Cc1cccc(C(=O)Nc2sc3c(c2C(=O)Nc2ccc(CCc4ccc(C(=O)O)cc4)cc2)CCCC3)c1.Cl. The number of amides is 3. The molecule has 0 unspecified atom stereocenters. The number of thiophene rings is 1. The van der Waals surface area contributed by atoms with Crippen LogP contribution >= 0.6 is 23.7 Å². The molecule has 13 heteroatoms. The van der Waals surface area contributed by atoms with Crippen LogP contribution in [0.1, 0.15) is 118 Å². The molecule has 1 aliphatic carbocycles. The molecule has 1 aromatic heterocycles. The van der Waals surface area contributed by atoms with Gasteiger partial charge in [0.1, 0.15) is 5.00 Å². The average molecular weight is 831 g/mol. The zero-order valence-corrected chi connectivity index (χ0v) is 35.2. The van der Waals surface area contributed by atoms with E-state index in [0.29, 0.717) is 48.0 Å². The number of aliphatic carboxylic acids is 1. The van der Waals surface area contributed by atoms with Crippen molar-refractivity contribution in [3.05, 3.63) is 117 Å². The van der Waals surface area contributed by atoms with Crippen LogP contribution in [0.5, 0.6) is 0 Å². The maximum Gasteiger partial charge on any atom is 0.335 e. The fourth-order valence-electron chi connectivity index (χ4n) is 7.44. The van der Waals surface area contributed by atoms with Gasteiger partial charge in [-0.05, 0) is 117 Å². The molecule has 4 aromatic rings. The normalized spacial score (nSPS) is 12.1. The first kappa shape index (κ1) is 45.7. The van der Waals surface area contributed by atoms with Crippen molar-refractivity contribution in [1.82, 2.24) is 9.80 Å². The summed E-state index contributed by atoms with van der Waals surface area (Å²) in [5.74, 6) is -2.64. The number of benzene rings is 3. The second-order valence-electron chi connectivity index (χ2n) is 14.5. The number of nitrogens with one attached hydrogen (secondary N) is 2. The van der Waals surface area contributed by atoms with Crippen LogP contribution in [0.3, 0.4) is 0 Å². The van der Waals surface area contributed by atoms with Crippen LogP contribution in [0.25, 0.3) is 0 Å². The number of carbonyl (C=O) groups is 5. The smallest absolute Gasteiger partial charge is 0.335 e. The number of aryl methyl sites for hydroxylation is 3. The summed E-state index contributed by atoms with van der Waals surface area (Å²) in [4.78, 5) is 67.9. The lowest BCUT2D eigenvalue weighted by Crippen LogP contribution is -2.42. The predicted octanol–water partition coefficient (Wildman–Crippen LogP) is 8.74. The summed E-state index contributed by atoms with van der Waals surface area (Å²) in [7, 11) is 0. The molecule has 1 heterocycles. The first-order valence-corrected chi connectivity index (χ1v) is 20.8. The molecule has 0 fully saturated rings. The molecule has 11 nitrogen and oxygen atoms in total. The minimum Gasteiger partial charge on any atom is -0.481 e. The quantitative estimate of drug-likeness (QED) is 0.0689. The van der Waals surface area contributed by atoms with Crippen molar-refractivity contribution >= 4 is 64.1 Å². The van der Waals surface area contributed by atoms with E-state index in [1.807, 2.05) is 61.5 Å². The molecule has 58 heavy (non-hydrogen) atoms. The summed E-state index contributed by atoms with van der Waals surface area (Å²) in [5.41, 5.74) is 6.02. The summed E-state index contributed by atoms with van der Waals surface area (Å²) in [6, 6.07) is 22.4. The molecule has 310 valence electrons. The fourth-order valence-corrected chi connectivity index (χ4v) is 8.72. The third-order valence-electron chi connectivity index (χ3n) is 10.7. The fraction of sp³-hybridized carbons (Fsp3) is 0.400. The van der Waals surface area contributed by atoms with Gasteiger partial charge in [-0.15, -0.1) is 23.7 Å². The zero-order valence-electron chi connectivity index (χ0n) is 33.6. The molecule has 3 amide bonds. The van der Waals surface area contributed by atoms with E-state index in [9.17, 15) is 24.0 Å². The number of hydrogen-bond acceptors (Lipinski definition) is 7. The van der Waals surface area contributed by atoms with Gasteiger partial charge < -0.3 is 25.7 Å². The lowest BCUT2D eigenvalue weighted by molar-refractivity contribution is -0.141. The van der Waals surface area contributed by atoms with Crippen molar-refractivity contribution in [2.45, 2.75) is 97.6 Å². The van der Waals surface area contributed by atoms with Crippen molar-refractivity contribution in [3.8, 4) is 0 Å². The lowest BCUT2D eigenvalue weighted by atomic mass is 9.95. The highest BCUT2D eigenvalue weighted by atomic mass is 35.5. The Balaban J connectivity index is 0.00000744. The summed E-state index contributed by atoms with van der Waals surface area (Å²) >= 11 is 1.48. The molecular formula is C45H55ClN4O7S. The van der Waals surface area contributed by atoms with E-state index in [0.717, 1.165) is 78.5 Å². The molecule has 0 atom stereocenters. The molecule has 4 N–H and O–H groups in total. The Labute approximate surface area is 351 Å². The zero-order chi connectivity index (χ0) is 40.9. The number of rotatable bonds is 20. The molecule has 0 aliphatic heterocycles. The Kier molecular flexibility index (Phi) is 17.5. The van der Waals surface area contributed by atoms with Crippen LogP contribution in [0.2, 0.25) is 0 Å². The van der Waals surface area contributed by atoms with Gasteiger partial charge in [0.25, 0.3) is 11.8 Å². The Hall–Kier alpha value is -5.04. The average Bonchev–Trinajstić information content (AvgIpc) is 3.58. The standard InChI is InChI=1S/C45H54N4O7S.ClH/c1-4-36(5-2)49(27-26-48(6-3)39(50)24-25-40(51)52)29-32-10-9-11-34(28-32)42(53)47-44-41(37-12-7-8-13-38(37)57-44)43(54)46-35-22-18-31(19-23-35)15-14-30-16-20-33(21-17-30)45(55)56;/h9-11,16-23,28,36H,4-8,12-15,24-27,29H2,1-3H3,(H,46,54)(H,47,53)(H,51,52)(H,55,56);1H. The highest BCUT2D eigenvalue weighted by Crippen LogP contribution is 2.39. The van der Waals surface area contributed by atoms with Gasteiger partial charge in [0.2, 0.25) is 5.91 Å². The summed E-state index contributed by atoms with van der Waals surface area (Å²) in [6.45, 7) is 8.35. The minimum absolute atomic E-state index is 0. The lowest BCUT2D eigenvalue weighted by Gasteiger charge is -2.33. The largest absolute Gasteiger partial charge is 0.481 e. The molecule has 5 rings (SSSR count). The van der Waals surface area contributed by atoms with E-state index < -0.39 is 11.9 Å². The van der Waals surface area contributed by atoms with Crippen LogP contribution in [0.15, 0.2) is 72.8 Å². The van der Waals surface area contributed by atoms with Crippen molar-refractivity contribution in [1.29, 1.82) is 0 Å². The van der Waals surface area contributed by atoms with E-state index in [-0.39, 0.29) is 54.6 Å². The number of fused-ring (bicyclic) bond motifs is 1. The maximum absolute atomic E-state index is 13.9. The molecule has 0 radical (unpaired) electrons. The van der Waals surface area contributed by atoms with E-state index >= 15 is 0 Å². The third-order valence-corrected chi connectivity index (χ3v) is 11.9. The highest BCUT2D eigenvalue weighted by Gasteiger charge is 2.27. The van der Waals surface area contributed by atoms with Gasteiger partial charge in [-0.1, -0.05) is 50.2 Å². The van der Waals surface area contributed by atoms with E-state index in [1.165, 1.54) is 11.3 Å². The van der Waals surface area contributed by atoms with Gasteiger partial charge in [-0.3, -0.25) is 24.1 Å². The van der Waals surface area contributed by atoms with Crippen LogP contribution in [0.4, 0.5) is 10.7 Å². The van der Waals surface area contributed by atoms with Crippen molar-refractivity contribution in [3.63, 3.8) is 0 Å². The number of aromatic carboxylic acids is 1. The summed E-state index contributed by atoms with van der Waals surface area (Å²) in [5, 5.41) is 24.9. The first-order valence-electron chi connectivity index (χ1n) is 20.0.